The van der Waals surface area contributed by atoms with Crippen molar-refractivity contribution in [3.8, 4) is 5.75 Å². The molecule has 0 aliphatic carbocycles. The third-order valence-corrected chi connectivity index (χ3v) is 5.83. The number of rotatable bonds is 6. The van der Waals surface area contributed by atoms with E-state index in [9.17, 15) is 9.59 Å². The van der Waals surface area contributed by atoms with Crippen LogP contribution >= 0.6 is 15.9 Å². The summed E-state index contributed by atoms with van der Waals surface area (Å²) < 4.78 is 6.79. The number of piperidine rings is 1. The molecule has 3 rings (SSSR count). The Hall–Kier alpha value is -2.34. The monoisotopic (exact) mass is 458 g/mol. The normalized spacial score (nSPS) is 14.5. The van der Waals surface area contributed by atoms with E-state index in [1.165, 1.54) is 0 Å². The molecule has 1 heterocycles. The molecule has 2 amide bonds. The van der Waals surface area contributed by atoms with Crippen LogP contribution in [0, 0.1) is 19.8 Å². The van der Waals surface area contributed by atoms with Crippen molar-refractivity contribution >= 4 is 27.7 Å². The predicted molar refractivity (Wildman–Crippen MR) is 117 cm³/mol. The lowest BCUT2D eigenvalue weighted by Gasteiger charge is -2.31. The summed E-state index contributed by atoms with van der Waals surface area (Å²) in [5.74, 6) is 0.912. The molecule has 0 aromatic heterocycles. The summed E-state index contributed by atoms with van der Waals surface area (Å²) in [7, 11) is 0. The lowest BCUT2D eigenvalue weighted by atomic mass is 9.95. The van der Waals surface area contributed by atoms with Crippen molar-refractivity contribution < 1.29 is 14.3 Å². The number of benzene rings is 2. The Kier molecular flexibility index (Phi) is 7.31. The van der Waals surface area contributed by atoms with Crippen LogP contribution in [0.1, 0.15) is 34.3 Å². The average Bonchev–Trinajstić information content (AvgIpc) is 2.73. The van der Waals surface area contributed by atoms with Crippen LogP contribution in [0.2, 0.25) is 0 Å². The second-order valence-corrected chi connectivity index (χ2v) is 8.35. The Morgan fingerprint density at radius 1 is 1.07 bits per heavy atom. The molecular weight excluding hydrogens is 432 g/mol. The van der Waals surface area contributed by atoms with E-state index >= 15 is 0 Å². The van der Waals surface area contributed by atoms with Gasteiger partial charge in [0.15, 0.2) is 0 Å². The van der Waals surface area contributed by atoms with Gasteiger partial charge < -0.3 is 15.0 Å². The minimum atomic E-state index is -0.0517. The van der Waals surface area contributed by atoms with Crippen LogP contribution in [0.3, 0.4) is 0 Å². The van der Waals surface area contributed by atoms with E-state index in [0.717, 1.165) is 21.3 Å². The Labute approximate surface area is 180 Å². The van der Waals surface area contributed by atoms with Crippen molar-refractivity contribution in [1.82, 2.24) is 10.2 Å². The fourth-order valence-electron chi connectivity index (χ4n) is 3.62. The third-order valence-electron chi connectivity index (χ3n) is 5.30. The molecule has 1 N–H and O–H groups in total. The number of nitrogens with zero attached hydrogens (tertiary/aromatic N) is 1. The topological polar surface area (TPSA) is 58.6 Å². The van der Waals surface area contributed by atoms with Gasteiger partial charge in [0.05, 0.1) is 6.54 Å². The predicted octanol–water partition coefficient (Wildman–Crippen LogP) is 4.11. The minimum absolute atomic E-state index is 0.0263. The van der Waals surface area contributed by atoms with Gasteiger partial charge in [-0.15, -0.1) is 0 Å². The number of hydrogen-bond acceptors (Lipinski definition) is 3. The van der Waals surface area contributed by atoms with Gasteiger partial charge in [0, 0.05) is 29.0 Å². The SMILES string of the molecule is Cc1cccc(C)c1OCCNC(=O)C1CCN(C(=O)c2ccc(Br)cc2)CC1. The molecule has 0 atom stereocenters. The number of aryl methyl sites for hydroxylation is 2. The van der Waals surface area contributed by atoms with Crippen LogP contribution in [0.4, 0.5) is 0 Å². The van der Waals surface area contributed by atoms with Crippen molar-refractivity contribution in [1.29, 1.82) is 0 Å². The van der Waals surface area contributed by atoms with Crippen molar-refractivity contribution in [3.63, 3.8) is 0 Å². The van der Waals surface area contributed by atoms with Crippen molar-refractivity contribution in [2.75, 3.05) is 26.2 Å². The molecule has 1 aliphatic rings. The van der Waals surface area contributed by atoms with Gasteiger partial charge in [0.25, 0.3) is 5.91 Å². The maximum atomic E-state index is 12.6. The van der Waals surface area contributed by atoms with Gasteiger partial charge in [-0.3, -0.25) is 9.59 Å². The molecule has 2 aromatic carbocycles. The molecule has 1 aliphatic heterocycles. The summed E-state index contributed by atoms with van der Waals surface area (Å²) in [6.45, 7) is 6.16. The molecule has 1 saturated heterocycles. The van der Waals surface area contributed by atoms with Crippen LogP contribution in [-0.2, 0) is 4.79 Å². The van der Waals surface area contributed by atoms with E-state index in [1.54, 1.807) is 0 Å². The number of carbonyl (C=O) groups excluding carboxylic acids is 2. The molecular formula is C23H27BrN2O3. The summed E-state index contributed by atoms with van der Waals surface area (Å²) in [4.78, 5) is 26.9. The van der Waals surface area contributed by atoms with E-state index in [2.05, 4.69) is 21.2 Å². The van der Waals surface area contributed by atoms with Crippen LogP contribution in [0.5, 0.6) is 5.75 Å². The quantitative estimate of drug-likeness (QED) is 0.662. The van der Waals surface area contributed by atoms with Crippen LogP contribution < -0.4 is 10.1 Å². The molecule has 6 heteroatoms. The molecule has 0 bridgehead atoms. The molecule has 0 spiro atoms. The Bertz CT molecular complexity index is 839. The fraction of sp³-hybridized carbons (Fsp3) is 0.391. The van der Waals surface area contributed by atoms with Crippen molar-refractivity contribution in [3.05, 3.63) is 63.6 Å². The maximum absolute atomic E-state index is 12.6. The molecule has 5 nitrogen and oxygen atoms in total. The summed E-state index contributed by atoms with van der Waals surface area (Å²) >= 11 is 3.38. The zero-order valence-electron chi connectivity index (χ0n) is 16.9. The number of likely N-dealkylation sites (tertiary alicyclic amines) is 1. The van der Waals surface area contributed by atoms with Gasteiger partial charge in [-0.2, -0.15) is 0 Å². The van der Waals surface area contributed by atoms with Gasteiger partial charge >= 0.3 is 0 Å². The number of ether oxygens (including phenoxy) is 1. The summed E-state index contributed by atoms with van der Waals surface area (Å²) in [6.07, 6.45) is 1.37. The van der Waals surface area contributed by atoms with Crippen LogP contribution in [-0.4, -0.2) is 43.0 Å². The van der Waals surface area contributed by atoms with Gasteiger partial charge in [0.2, 0.25) is 5.91 Å². The van der Waals surface area contributed by atoms with E-state index in [0.29, 0.717) is 44.6 Å². The zero-order valence-corrected chi connectivity index (χ0v) is 18.5. The van der Waals surface area contributed by atoms with Gasteiger partial charge in [0.1, 0.15) is 12.4 Å². The third kappa shape index (κ3) is 5.60. The Balaban J connectivity index is 1.41. The van der Waals surface area contributed by atoms with Crippen LogP contribution in [0.15, 0.2) is 46.9 Å². The first-order valence-corrected chi connectivity index (χ1v) is 10.8. The summed E-state index contributed by atoms with van der Waals surface area (Å²) in [5, 5.41) is 2.97. The molecule has 0 saturated carbocycles. The highest BCUT2D eigenvalue weighted by Gasteiger charge is 2.27. The van der Waals surface area contributed by atoms with Crippen LogP contribution in [0.25, 0.3) is 0 Å². The Morgan fingerprint density at radius 2 is 1.69 bits per heavy atom. The van der Waals surface area contributed by atoms with Gasteiger partial charge in [-0.25, -0.2) is 0 Å². The number of carbonyl (C=O) groups is 2. The summed E-state index contributed by atoms with van der Waals surface area (Å²) in [6, 6.07) is 13.4. The first-order valence-electron chi connectivity index (χ1n) is 9.97. The standard InChI is InChI=1S/C23H27BrN2O3/c1-16-4-3-5-17(2)21(16)29-15-12-25-22(27)18-10-13-26(14-11-18)23(28)19-6-8-20(24)9-7-19/h3-9,18H,10-15H2,1-2H3,(H,25,27). The van der Waals surface area contributed by atoms with E-state index < -0.39 is 0 Å². The Morgan fingerprint density at radius 3 is 2.31 bits per heavy atom. The fourth-order valence-corrected chi connectivity index (χ4v) is 3.88. The number of nitrogens with one attached hydrogen (secondary N) is 1. The smallest absolute Gasteiger partial charge is 0.253 e. The molecule has 1 fully saturated rings. The van der Waals surface area contributed by atoms with Crippen molar-refractivity contribution in [2.45, 2.75) is 26.7 Å². The molecule has 0 radical (unpaired) electrons. The first kappa shape index (κ1) is 21.4. The van der Waals surface area contributed by atoms with E-state index in [1.807, 2.05) is 61.2 Å². The lowest BCUT2D eigenvalue weighted by molar-refractivity contribution is -0.126. The first-order chi connectivity index (χ1) is 14.0. The van der Waals surface area contributed by atoms with Gasteiger partial charge in [-0.05, 0) is 62.1 Å². The number of para-hydroxylation sites is 1. The highest BCUT2D eigenvalue weighted by molar-refractivity contribution is 9.10. The summed E-state index contributed by atoms with van der Waals surface area (Å²) in [5.41, 5.74) is 2.87. The minimum Gasteiger partial charge on any atom is -0.491 e. The highest BCUT2D eigenvalue weighted by Crippen LogP contribution is 2.22. The lowest BCUT2D eigenvalue weighted by Crippen LogP contribution is -2.43. The molecule has 0 unspecified atom stereocenters. The number of amides is 2. The maximum Gasteiger partial charge on any atom is 0.253 e. The average molecular weight is 459 g/mol. The van der Waals surface area contributed by atoms with Gasteiger partial charge in [-0.1, -0.05) is 34.1 Å². The second kappa shape index (κ2) is 9.92. The molecule has 154 valence electrons. The van der Waals surface area contributed by atoms with Crippen molar-refractivity contribution in [2.24, 2.45) is 5.92 Å². The van der Waals surface area contributed by atoms with E-state index in [4.69, 9.17) is 4.74 Å². The second-order valence-electron chi connectivity index (χ2n) is 7.43. The number of hydrogen-bond donors (Lipinski definition) is 1. The molecule has 29 heavy (non-hydrogen) atoms. The zero-order chi connectivity index (χ0) is 20.8. The highest BCUT2D eigenvalue weighted by atomic mass is 79.9. The number of halogens is 1. The van der Waals surface area contributed by atoms with E-state index in [-0.39, 0.29) is 17.7 Å². The largest absolute Gasteiger partial charge is 0.491 e. The molecule has 2 aromatic rings.